The molecule has 1 aliphatic rings. The van der Waals surface area contributed by atoms with Crippen LogP contribution in [0.3, 0.4) is 0 Å². The fourth-order valence-electron chi connectivity index (χ4n) is 3.39. The van der Waals surface area contributed by atoms with E-state index >= 15 is 0 Å². The van der Waals surface area contributed by atoms with E-state index in [4.69, 9.17) is 17.3 Å². The Bertz CT molecular complexity index is 804. The molecule has 4 N–H and O–H groups in total. The van der Waals surface area contributed by atoms with Crippen LogP contribution in [0.5, 0.6) is 0 Å². The van der Waals surface area contributed by atoms with Crippen molar-refractivity contribution in [3.63, 3.8) is 0 Å². The lowest BCUT2D eigenvalue weighted by Gasteiger charge is -2.43. The van der Waals surface area contributed by atoms with Crippen LogP contribution >= 0.6 is 11.6 Å². The van der Waals surface area contributed by atoms with Crippen LogP contribution in [0.1, 0.15) is 36.4 Å². The van der Waals surface area contributed by atoms with E-state index in [-0.39, 0.29) is 18.2 Å². The number of carbonyl (C=O) groups is 2. The van der Waals surface area contributed by atoms with Gasteiger partial charge in [-0.3, -0.25) is 9.59 Å². The summed E-state index contributed by atoms with van der Waals surface area (Å²) in [7, 11) is 0. The summed E-state index contributed by atoms with van der Waals surface area (Å²) in [5.74, 6) is -1.02. The second-order valence-corrected chi connectivity index (χ2v) is 7.23. The van der Waals surface area contributed by atoms with E-state index in [0.29, 0.717) is 17.9 Å². The molecule has 0 radical (unpaired) electrons. The maximum Gasteiger partial charge on any atom is 0.223 e. The number of nitrogens with one attached hydrogen (secondary N) is 1. The molecule has 2 aromatic rings. The predicted molar refractivity (Wildman–Crippen MR) is 99.2 cm³/mol. The van der Waals surface area contributed by atoms with Crippen molar-refractivity contribution in [2.75, 3.05) is 0 Å². The molecule has 136 valence electrons. The normalized spacial score (nSPS) is 22.9. The molecule has 5 nitrogen and oxygen atoms in total. The van der Waals surface area contributed by atoms with Gasteiger partial charge in [0.05, 0.1) is 18.1 Å². The molecule has 3 rings (SSSR count). The molecule has 0 heterocycles. The van der Waals surface area contributed by atoms with Gasteiger partial charge in [-0.25, -0.2) is 0 Å². The summed E-state index contributed by atoms with van der Waals surface area (Å²) in [4.78, 5) is 24.0. The van der Waals surface area contributed by atoms with Crippen LogP contribution in [-0.2, 0) is 15.2 Å². The number of amides is 2. The van der Waals surface area contributed by atoms with Crippen molar-refractivity contribution in [3.05, 3.63) is 70.7 Å². The Morgan fingerprint density at radius 3 is 2.50 bits per heavy atom. The zero-order valence-electron chi connectivity index (χ0n) is 14.2. The first-order valence-corrected chi connectivity index (χ1v) is 8.87. The highest BCUT2D eigenvalue weighted by atomic mass is 35.5. The summed E-state index contributed by atoms with van der Waals surface area (Å²) in [6, 6.07) is 15.8. The third-order valence-electron chi connectivity index (χ3n) is 4.82. The number of aliphatic hydroxyl groups is 1. The molecular weight excluding hydrogens is 352 g/mol. The molecule has 6 heteroatoms. The van der Waals surface area contributed by atoms with Crippen LogP contribution in [0.15, 0.2) is 54.6 Å². The van der Waals surface area contributed by atoms with Crippen molar-refractivity contribution in [1.29, 1.82) is 0 Å². The zero-order chi connectivity index (χ0) is 18.7. The number of rotatable bonds is 6. The number of primary amides is 1. The Morgan fingerprint density at radius 1 is 1.19 bits per heavy atom. The van der Waals surface area contributed by atoms with Gasteiger partial charge in [-0.05, 0) is 36.1 Å². The quantitative estimate of drug-likeness (QED) is 0.727. The molecule has 0 aliphatic heterocycles. The summed E-state index contributed by atoms with van der Waals surface area (Å²) in [6.45, 7) is 0. The van der Waals surface area contributed by atoms with Gasteiger partial charge in [0.15, 0.2) is 0 Å². The fourth-order valence-corrected chi connectivity index (χ4v) is 3.59. The monoisotopic (exact) mass is 372 g/mol. The molecule has 0 unspecified atom stereocenters. The maximum absolute atomic E-state index is 12.6. The molecule has 1 aliphatic carbocycles. The first kappa shape index (κ1) is 18.4. The largest absolute Gasteiger partial charge is 0.385 e. The van der Waals surface area contributed by atoms with Gasteiger partial charge in [-0.2, -0.15) is 0 Å². The average molecular weight is 373 g/mol. The lowest BCUT2D eigenvalue weighted by molar-refractivity contribution is -0.143. The van der Waals surface area contributed by atoms with Crippen LogP contribution in [0.2, 0.25) is 5.02 Å². The van der Waals surface area contributed by atoms with Gasteiger partial charge in [-0.15, -0.1) is 0 Å². The summed E-state index contributed by atoms with van der Waals surface area (Å²) < 4.78 is 0. The highest BCUT2D eigenvalue weighted by molar-refractivity contribution is 6.30. The minimum Gasteiger partial charge on any atom is -0.385 e. The Kier molecular flexibility index (Phi) is 5.30. The molecule has 26 heavy (non-hydrogen) atoms. The Labute approximate surface area is 157 Å². The molecular formula is C20H21ClN2O3. The second-order valence-electron chi connectivity index (χ2n) is 6.79. The van der Waals surface area contributed by atoms with E-state index < -0.39 is 17.6 Å². The highest BCUT2D eigenvalue weighted by Crippen LogP contribution is 2.45. The third kappa shape index (κ3) is 4.06. The molecule has 1 atom stereocenters. The van der Waals surface area contributed by atoms with Gasteiger partial charge in [-0.1, -0.05) is 54.1 Å². The number of hydrogen-bond acceptors (Lipinski definition) is 3. The average Bonchev–Trinajstić information content (AvgIpc) is 2.58. The number of hydrogen-bond donors (Lipinski definition) is 3. The Balaban J connectivity index is 1.67. The first-order chi connectivity index (χ1) is 12.4. The van der Waals surface area contributed by atoms with Crippen LogP contribution in [-0.4, -0.2) is 16.9 Å². The van der Waals surface area contributed by atoms with E-state index in [1.54, 1.807) is 24.3 Å². The topological polar surface area (TPSA) is 92.4 Å². The zero-order valence-corrected chi connectivity index (χ0v) is 14.9. The van der Waals surface area contributed by atoms with Crippen molar-refractivity contribution in [1.82, 2.24) is 5.32 Å². The van der Waals surface area contributed by atoms with Crippen LogP contribution in [0.4, 0.5) is 0 Å². The van der Waals surface area contributed by atoms with Gasteiger partial charge in [0, 0.05) is 10.9 Å². The minimum atomic E-state index is -0.974. The standard InChI is InChI=1S/C20H21ClN2O3/c21-16-8-4-5-13(9-16)17(10-18(22)24)23-19(25)14-11-20(26,12-14)15-6-2-1-3-7-15/h1-9,14,17,26H,10-12H2,(H2,22,24)(H,23,25)/t14?,17-,20?/m0/s1. The van der Waals surface area contributed by atoms with Crippen molar-refractivity contribution in [3.8, 4) is 0 Å². The number of halogens is 1. The van der Waals surface area contributed by atoms with Crippen LogP contribution in [0.25, 0.3) is 0 Å². The minimum absolute atomic E-state index is 0.0121. The van der Waals surface area contributed by atoms with E-state index in [9.17, 15) is 14.7 Å². The number of carbonyl (C=O) groups excluding carboxylic acids is 2. The summed E-state index contributed by atoms with van der Waals surface area (Å²) in [6.07, 6.45) is 0.686. The SMILES string of the molecule is NC(=O)C[C@H](NC(=O)C1CC(O)(c2ccccc2)C1)c1cccc(Cl)c1. The molecule has 0 aromatic heterocycles. The van der Waals surface area contributed by atoms with Crippen molar-refractivity contribution >= 4 is 23.4 Å². The number of benzene rings is 2. The molecule has 0 saturated heterocycles. The van der Waals surface area contributed by atoms with Gasteiger partial charge in [0.2, 0.25) is 11.8 Å². The lowest BCUT2D eigenvalue weighted by atomic mass is 9.67. The van der Waals surface area contributed by atoms with E-state index in [0.717, 1.165) is 11.1 Å². The molecule has 0 spiro atoms. The van der Waals surface area contributed by atoms with Crippen LogP contribution in [0, 0.1) is 5.92 Å². The molecule has 1 saturated carbocycles. The highest BCUT2D eigenvalue weighted by Gasteiger charge is 2.47. The van der Waals surface area contributed by atoms with Crippen molar-refractivity contribution < 1.29 is 14.7 Å². The van der Waals surface area contributed by atoms with Crippen molar-refractivity contribution in [2.24, 2.45) is 11.7 Å². The Morgan fingerprint density at radius 2 is 1.88 bits per heavy atom. The lowest BCUT2D eigenvalue weighted by Crippen LogP contribution is -2.49. The Hall–Kier alpha value is -2.37. The van der Waals surface area contributed by atoms with Gasteiger partial charge < -0.3 is 16.2 Å². The molecule has 2 aromatic carbocycles. The molecule has 1 fully saturated rings. The van der Waals surface area contributed by atoms with Gasteiger partial charge in [0.25, 0.3) is 0 Å². The molecule has 0 bridgehead atoms. The van der Waals surface area contributed by atoms with Crippen molar-refractivity contribution in [2.45, 2.75) is 30.9 Å². The summed E-state index contributed by atoms with van der Waals surface area (Å²) in [5, 5.41) is 14.1. The van der Waals surface area contributed by atoms with Crippen LogP contribution < -0.4 is 11.1 Å². The summed E-state index contributed by atoms with van der Waals surface area (Å²) >= 11 is 6.01. The van der Waals surface area contributed by atoms with Gasteiger partial charge in [0.1, 0.15) is 0 Å². The summed E-state index contributed by atoms with van der Waals surface area (Å²) in [5.41, 5.74) is 5.89. The number of nitrogens with two attached hydrogens (primary N) is 1. The smallest absolute Gasteiger partial charge is 0.223 e. The van der Waals surface area contributed by atoms with Gasteiger partial charge >= 0.3 is 0 Å². The predicted octanol–water partition coefficient (Wildman–Crippen LogP) is 2.67. The van der Waals surface area contributed by atoms with E-state index in [1.165, 1.54) is 0 Å². The molecule has 2 amide bonds. The maximum atomic E-state index is 12.6. The van der Waals surface area contributed by atoms with E-state index in [1.807, 2.05) is 30.3 Å². The fraction of sp³-hybridized carbons (Fsp3) is 0.300. The first-order valence-electron chi connectivity index (χ1n) is 8.49. The van der Waals surface area contributed by atoms with E-state index in [2.05, 4.69) is 5.32 Å². The second kappa shape index (κ2) is 7.48. The third-order valence-corrected chi connectivity index (χ3v) is 5.06.